The summed E-state index contributed by atoms with van der Waals surface area (Å²) in [6, 6.07) is 0. The Hall–Kier alpha value is -1.30. The molecule has 0 spiro atoms. The van der Waals surface area contributed by atoms with E-state index in [1.165, 1.54) is 23.9 Å². The van der Waals surface area contributed by atoms with Crippen molar-refractivity contribution < 1.29 is 14.4 Å². The van der Waals surface area contributed by atoms with E-state index in [2.05, 4.69) is 0 Å². The fourth-order valence-corrected chi connectivity index (χ4v) is 2.95. The average Bonchev–Trinajstić information content (AvgIpc) is 2.44. The van der Waals surface area contributed by atoms with Crippen molar-refractivity contribution in [3.63, 3.8) is 0 Å². The Balaban J connectivity index is 2.21. The molecule has 1 saturated heterocycles. The van der Waals surface area contributed by atoms with Crippen molar-refractivity contribution in [3.05, 3.63) is 0 Å². The molecule has 2 aliphatic rings. The van der Waals surface area contributed by atoms with Crippen LogP contribution in [-0.2, 0) is 14.4 Å². The van der Waals surface area contributed by atoms with Crippen molar-refractivity contribution in [2.24, 2.45) is 11.8 Å². The Morgan fingerprint density at radius 2 is 1.53 bits per heavy atom. The third kappa shape index (κ3) is 2.41. The summed E-state index contributed by atoms with van der Waals surface area (Å²) in [5, 5.41) is 0.155. The Labute approximate surface area is 117 Å². The normalized spacial score (nSPS) is 23.2. The molecule has 0 unspecified atom stereocenters. The summed E-state index contributed by atoms with van der Waals surface area (Å²) in [4.78, 5) is 39.2. The summed E-state index contributed by atoms with van der Waals surface area (Å²) in [6.45, 7) is 0. The first-order chi connectivity index (χ1) is 8.95. The molecule has 0 radical (unpaired) electrons. The number of thiocarbonyl (C=S) groups is 1. The van der Waals surface area contributed by atoms with Gasteiger partial charge in [0, 0.05) is 20.0 Å². The fraction of sp³-hybridized carbons (Fsp3) is 0.692. The zero-order chi connectivity index (χ0) is 14.2. The zero-order valence-electron chi connectivity index (χ0n) is 11.2. The topological polar surface area (TPSA) is 57.7 Å². The number of hydrogen-bond donors (Lipinski definition) is 0. The molecule has 1 aliphatic carbocycles. The van der Waals surface area contributed by atoms with E-state index >= 15 is 0 Å². The van der Waals surface area contributed by atoms with E-state index in [0.29, 0.717) is 0 Å². The lowest BCUT2D eigenvalue weighted by molar-refractivity contribution is -0.151. The quantitative estimate of drug-likeness (QED) is 0.559. The summed E-state index contributed by atoms with van der Waals surface area (Å²) in [7, 11) is 3.02. The maximum absolute atomic E-state index is 12.4. The molecular formula is C13H18N2O3S. The van der Waals surface area contributed by atoms with E-state index in [1.54, 1.807) is 0 Å². The van der Waals surface area contributed by atoms with Crippen LogP contribution in [0.2, 0.25) is 0 Å². The predicted octanol–water partition coefficient (Wildman–Crippen LogP) is 0.967. The maximum Gasteiger partial charge on any atom is 0.248 e. The van der Waals surface area contributed by atoms with Gasteiger partial charge in [0.05, 0.1) is 0 Å². The summed E-state index contributed by atoms with van der Waals surface area (Å²) in [6.07, 6.45) is 4.69. The van der Waals surface area contributed by atoms with Gasteiger partial charge in [-0.25, -0.2) is 0 Å². The van der Waals surface area contributed by atoms with Crippen molar-refractivity contribution >= 4 is 34.9 Å². The molecular weight excluding hydrogens is 264 g/mol. The van der Waals surface area contributed by atoms with Crippen molar-refractivity contribution in [3.8, 4) is 0 Å². The van der Waals surface area contributed by atoms with E-state index in [9.17, 15) is 14.4 Å². The molecule has 6 heteroatoms. The van der Waals surface area contributed by atoms with E-state index < -0.39 is 17.7 Å². The van der Waals surface area contributed by atoms with Crippen LogP contribution in [0.25, 0.3) is 0 Å². The Bertz CT molecular complexity index is 419. The number of rotatable bonds is 2. The molecule has 19 heavy (non-hydrogen) atoms. The van der Waals surface area contributed by atoms with Crippen molar-refractivity contribution in [2.45, 2.75) is 32.1 Å². The van der Waals surface area contributed by atoms with E-state index in [1.807, 2.05) is 0 Å². The van der Waals surface area contributed by atoms with E-state index in [0.717, 1.165) is 32.1 Å². The van der Waals surface area contributed by atoms with Gasteiger partial charge in [-0.3, -0.25) is 24.2 Å². The number of ketones is 1. The highest BCUT2D eigenvalue weighted by molar-refractivity contribution is 7.80. The molecule has 1 aliphatic heterocycles. The molecule has 0 aromatic heterocycles. The molecule has 2 rings (SSSR count). The largest absolute Gasteiger partial charge is 0.298 e. The minimum Gasteiger partial charge on any atom is -0.298 e. The molecule has 0 N–H and O–H groups in total. The van der Waals surface area contributed by atoms with Crippen LogP contribution >= 0.6 is 12.2 Å². The fourth-order valence-electron chi connectivity index (χ4n) is 2.77. The van der Waals surface area contributed by atoms with Gasteiger partial charge in [-0.1, -0.05) is 19.3 Å². The third-order valence-electron chi connectivity index (χ3n) is 4.02. The average molecular weight is 282 g/mol. The first-order valence-corrected chi connectivity index (χ1v) is 6.98. The van der Waals surface area contributed by atoms with Gasteiger partial charge in [-0.2, -0.15) is 0 Å². The van der Waals surface area contributed by atoms with Crippen LogP contribution < -0.4 is 0 Å². The molecule has 0 aromatic rings. The summed E-state index contributed by atoms with van der Waals surface area (Å²) in [5.41, 5.74) is 0. The number of carbonyl (C=O) groups is 3. The van der Waals surface area contributed by atoms with Crippen LogP contribution in [0.1, 0.15) is 32.1 Å². The molecule has 104 valence electrons. The number of amides is 2. The third-order valence-corrected chi connectivity index (χ3v) is 4.57. The second-order valence-electron chi connectivity index (χ2n) is 5.25. The number of carbonyl (C=O) groups excluding carboxylic acids is 3. The van der Waals surface area contributed by atoms with Crippen LogP contribution in [0.4, 0.5) is 0 Å². The predicted molar refractivity (Wildman–Crippen MR) is 73.2 cm³/mol. The highest BCUT2D eigenvalue weighted by atomic mass is 32.1. The molecule has 2 amide bonds. The summed E-state index contributed by atoms with van der Waals surface area (Å²) >= 11 is 5.00. The smallest absolute Gasteiger partial charge is 0.248 e. The van der Waals surface area contributed by atoms with Gasteiger partial charge in [0.2, 0.25) is 11.8 Å². The van der Waals surface area contributed by atoms with Crippen LogP contribution in [0.3, 0.4) is 0 Å². The summed E-state index contributed by atoms with van der Waals surface area (Å²) < 4.78 is 0. The Kier molecular flexibility index (Phi) is 3.99. The van der Waals surface area contributed by atoms with Crippen LogP contribution in [-0.4, -0.2) is 46.6 Å². The molecule has 0 atom stereocenters. The molecule has 5 nitrogen and oxygen atoms in total. The monoisotopic (exact) mass is 282 g/mol. The van der Waals surface area contributed by atoms with Crippen molar-refractivity contribution in [2.75, 3.05) is 14.1 Å². The number of nitrogens with zero attached hydrogens (tertiary/aromatic N) is 2. The van der Waals surface area contributed by atoms with Gasteiger partial charge < -0.3 is 0 Å². The van der Waals surface area contributed by atoms with E-state index in [4.69, 9.17) is 12.2 Å². The van der Waals surface area contributed by atoms with Gasteiger partial charge in [-0.05, 0) is 25.1 Å². The van der Waals surface area contributed by atoms with E-state index in [-0.39, 0.29) is 16.8 Å². The van der Waals surface area contributed by atoms with Gasteiger partial charge in [0.1, 0.15) is 0 Å². The minimum absolute atomic E-state index is 0.153. The van der Waals surface area contributed by atoms with Gasteiger partial charge in [0.25, 0.3) is 0 Å². The number of hydrogen-bond acceptors (Lipinski definition) is 4. The first kappa shape index (κ1) is 14.1. The lowest BCUT2D eigenvalue weighted by Gasteiger charge is -2.36. The lowest BCUT2D eigenvalue weighted by atomic mass is 9.80. The number of Topliss-reactive ketones (excluding diaryl/α,β-unsaturated/α-hetero) is 1. The van der Waals surface area contributed by atoms with Crippen molar-refractivity contribution in [1.29, 1.82) is 0 Å². The van der Waals surface area contributed by atoms with Crippen LogP contribution in [0.15, 0.2) is 0 Å². The SMILES string of the molecule is CN1C(=O)C(C(=O)C2CCCCC2)C(=O)N(C)C1=S. The summed E-state index contributed by atoms with van der Waals surface area (Å²) in [5.74, 6) is -2.53. The molecule has 1 heterocycles. The zero-order valence-corrected chi connectivity index (χ0v) is 12.0. The van der Waals surface area contributed by atoms with Crippen molar-refractivity contribution in [1.82, 2.24) is 9.80 Å². The van der Waals surface area contributed by atoms with Gasteiger partial charge in [-0.15, -0.1) is 0 Å². The second kappa shape index (κ2) is 5.36. The molecule has 0 aromatic carbocycles. The highest BCUT2D eigenvalue weighted by Crippen LogP contribution is 2.29. The van der Waals surface area contributed by atoms with Crippen LogP contribution in [0, 0.1) is 11.8 Å². The van der Waals surface area contributed by atoms with Gasteiger partial charge in [0.15, 0.2) is 16.8 Å². The second-order valence-corrected chi connectivity index (χ2v) is 5.61. The Morgan fingerprint density at radius 3 is 2.00 bits per heavy atom. The lowest BCUT2D eigenvalue weighted by Crippen LogP contribution is -2.59. The molecule has 2 fully saturated rings. The molecule has 1 saturated carbocycles. The first-order valence-electron chi connectivity index (χ1n) is 6.58. The maximum atomic E-state index is 12.4. The molecule has 0 bridgehead atoms. The minimum atomic E-state index is -1.19. The van der Waals surface area contributed by atoms with Crippen LogP contribution in [0.5, 0.6) is 0 Å². The van der Waals surface area contributed by atoms with Gasteiger partial charge >= 0.3 is 0 Å². The standard InChI is InChI=1S/C13H18N2O3S/c1-14-11(17)9(12(18)15(2)13(14)19)10(16)8-6-4-3-5-7-8/h8-9H,3-7H2,1-2H3. The highest BCUT2D eigenvalue weighted by Gasteiger charge is 2.46. The Morgan fingerprint density at radius 1 is 1.05 bits per heavy atom.